The van der Waals surface area contributed by atoms with E-state index in [4.69, 9.17) is 8.71 Å². The van der Waals surface area contributed by atoms with Crippen molar-refractivity contribution in [1.29, 1.82) is 0 Å². The summed E-state index contributed by atoms with van der Waals surface area (Å²) in [7, 11) is -3.39. The van der Waals surface area contributed by atoms with Gasteiger partial charge in [-0.25, -0.2) is 4.98 Å². The summed E-state index contributed by atoms with van der Waals surface area (Å²) >= 11 is 0. The summed E-state index contributed by atoms with van der Waals surface area (Å²) in [6.07, 6.45) is 1.85. The van der Waals surface area contributed by atoms with E-state index in [0.29, 0.717) is 18.3 Å². The molecule has 9 nitrogen and oxygen atoms in total. The Hall–Kier alpha value is -2.82. The molecule has 2 aromatic heterocycles. The lowest BCUT2D eigenvalue weighted by molar-refractivity contribution is 0.319. The Kier molecular flexibility index (Phi) is 8.54. The van der Waals surface area contributed by atoms with Crippen molar-refractivity contribution >= 4 is 15.9 Å². The predicted molar refractivity (Wildman–Crippen MR) is 129 cm³/mol. The molecule has 0 bridgehead atoms. The van der Waals surface area contributed by atoms with Crippen LogP contribution in [0.25, 0.3) is 22.8 Å². The van der Waals surface area contributed by atoms with Gasteiger partial charge in [0.1, 0.15) is 5.82 Å². The van der Waals surface area contributed by atoms with Crippen molar-refractivity contribution in [3.8, 4) is 22.8 Å². The van der Waals surface area contributed by atoms with Crippen LogP contribution in [-0.4, -0.2) is 62.6 Å². The molecule has 1 aromatic carbocycles. The van der Waals surface area contributed by atoms with Crippen molar-refractivity contribution in [2.75, 3.05) is 43.9 Å². The van der Waals surface area contributed by atoms with Gasteiger partial charge in [0, 0.05) is 36.5 Å². The van der Waals surface area contributed by atoms with Crippen molar-refractivity contribution in [2.24, 2.45) is 0 Å². The molecular formula is C23H31N5O4S. The van der Waals surface area contributed by atoms with Crippen LogP contribution in [0.15, 0.2) is 40.9 Å². The average molecular weight is 474 g/mol. The number of aryl methyl sites for hydroxylation is 1. The number of nitrogens with zero attached hydrogens (tertiary/aromatic N) is 4. The third kappa shape index (κ3) is 7.34. The lowest BCUT2D eigenvalue weighted by atomic mass is 10.1. The van der Waals surface area contributed by atoms with Crippen molar-refractivity contribution in [3.05, 3.63) is 47.7 Å². The first kappa shape index (κ1) is 24.8. The first-order chi connectivity index (χ1) is 15.8. The second-order valence-electron chi connectivity index (χ2n) is 7.67. The Labute approximate surface area is 195 Å². The highest BCUT2D eigenvalue weighted by atomic mass is 32.2. The van der Waals surface area contributed by atoms with Crippen LogP contribution < -0.4 is 10.2 Å². The van der Waals surface area contributed by atoms with Gasteiger partial charge in [0.15, 0.2) is 0 Å². The van der Waals surface area contributed by atoms with Crippen LogP contribution in [0.4, 0.5) is 5.82 Å². The molecule has 0 aliphatic heterocycles. The lowest BCUT2D eigenvalue weighted by Gasteiger charge is -2.20. The van der Waals surface area contributed by atoms with Gasteiger partial charge >= 0.3 is 0 Å². The molecular weight excluding hydrogens is 442 g/mol. The molecule has 3 rings (SSSR count). The minimum atomic E-state index is -3.39. The fourth-order valence-electron chi connectivity index (χ4n) is 3.39. The SMILES string of the molecule is CCN(CC)c1cc(-c2nc(-c3ccc(CCNCCOS(C)(=O)=O)cc3)no2)cc(C)n1. The van der Waals surface area contributed by atoms with E-state index >= 15 is 0 Å². The topological polar surface area (TPSA) is 110 Å². The van der Waals surface area contributed by atoms with Crippen molar-refractivity contribution in [3.63, 3.8) is 0 Å². The van der Waals surface area contributed by atoms with Crippen LogP contribution in [0.2, 0.25) is 0 Å². The number of aromatic nitrogens is 3. The highest BCUT2D eigenvalue weighted by Crippen LogP contribution is 2.26. The van der Waals surface area contributed by atoms with Crippen LogP contribution >= 0.6 is 0 Å². The number of hydrogen-bond acceptors (Lipinski definition) is 9. The summed E-state index contributed by atoms with van der Waals surface area (Å²) in [6, 6.07) is 11.9. The molecule has 3 aromatic rings. The zero-order chi connectivity index (χ0) is 23.8. The molecule has 0 radical (unpaired) electrons. The molecule has 33 heavy (non-hydrogen) atoms. The largest absolute Gasteiger partial charge is 0.357 e. The van der Waals surface area contributed by atoms with Gasteiger partial charge in [0.25, 0.3) is 16.0 Å². The quantitative estimate of drug-likeness (QED) is 0.313. The molecule has 0 spiro atoms. The van der Waals surface area contributed by atoms with Gasteiger partial charge in [-0.05, 0) is 51.4 Å². The van der Waals surface area contributed by atoms with E-state index in [9.17, 15) is 8.42 Å². The van der Waals surface area contributed by atoms with Crippen LogP contribution in [-0.2, 0) is 20.7 Å². The summed E-state index contributed by atoms with van der Waals surface area (Å²) in [5.74, 6) is 1.90. The van der Waals surface area contributed by atoms with Gasteiger partial charge in [-0.2, -0.15) is 13.4 Å². The van der Waals surface area contributed by atoms with Gasteiger partial charge in [0.2, 0.25) is 5.82 Å². The zero-order valence-corrected chi connectivity index (χ0v) is 20.4. The fourth-order valence-corrected chi connectivity index (χ4v) is 3.77. The van der Waals surface area contributed by atoms with E-state index in [2.05, 4.69) is 39.2 Å². The smallest absolute Gasteiger partial charge is 0.264 e. The number of benzene rings is 1. The van der Waals surface area contributed by atoms with Crippen LogP contribution in [0.5, 0.6) is 0 Å². The number of pyridine rings is 1. The molecule has 0 atom stereocenters. The Bertz CT molecular complexity index is 1140. The maximum atomic E-state index is 10.9. The van der Waals surface area contributed by atoms with E-state index in [0.717, 1.165) is 60.5 Å². The summed E-state index contributed by atoms with van der Waals surface area (Å²) in [5, 5.41) is 7.32. The molecule has 0 aliphatic carbocycles. The lowest BCUT2D eigenvalue weighted by Crippen LogP contribution is -2.23. The second kappa shape index (κ2) is 11.4. The zero-order valence-electron chi connectivity index (χ0n) is 19.5. The van der Waals surface area contributed by atoms with Gasteiger partial charge in [-0.15, -0.1) is 0 Å². The second-order valence-corrected chi connectivity index (χ2v) is 9.32. The molecule has 0 saturated carbocycles. The Morgan fingerprint density at radius 1 is 1.03 bits per heavy atom. The number of rotatable bonds is 12. The summed E-state index contributed by atoms with van der Waals surface area (Å²) in [6.45, 7) is 9.23. The van der Waals surface area contributed by atoms with Crippen molar-refractivity contribution in [2.45, 2.75) is 27.2 Å². The minimum absolute atomic E-state index is 0.130. The standard InChI is InChI=1S/C23H31N5O4S/c1-5-28(6-2)21-16-20(15-17(3)25-21)23-26-22(27-32-23)19-9-7-18(8-10-19)11-12-24-13-14-31-33(4,29)30/h7-10,15-16,24H,5-6,11-14H2,1-4H3. The monoisotopic (exact) mass is 473 g/mol. The van der Waals surface area contributed by atoms with E-state index in [1.807, 2.05) is 43.3 Å². The van der Waals surface area contributed by atoms with E-state index < -0.39 is 10.1 Å². The maximum absolute atomic E-state index is 10.9. The molecule has 2 heterocycles. The fraction of sp³-hybridized carbons (Fsp3) is 0.435. The first-order valence-corrected chi connectivity index (χ1v) is 12.8. The van der Waals surface area contributed by atoms with Crippen molar-refractivity contribution < 1.29 is 17.1 Å². The first-order valence-electron chi connectivity index (χ1n) is 11.0. The normalized spacial score (nSPS) is 11.6. The minimum Gasteiger partial charge on any atom is -0.357 e. The predicted octanol–water partition coefficient (Wildman–Crippen LogP) is 3.06. The number of nitrogens with one attached hydrogen (secondary N) is 1. The molecule has 0 aliphatic rings. The van der Waals surface area contributed by atoms with E-state index in [1.165, 1.54) is 0 Å². The Balaban J connectivity index is 1.61. The van der Waals surface area contributed by atoms with Gasteiger partial charge < -0.3 is 14.7 Å². The molecule has 0 unspecified atom stereocenters. The molecule has 178 valence electrons. The van der Waals surface area contributed by atoms with Gasteiger partial charge in [-0.3, -0.25) is 4.18 Å². The highest BCUT2D eigenvalue weighted by Gasteiger charge is 2.14. The highest BCUT2D eigenvalue weighted by molar-refractivity contribution is 7.85. The summed E-state index contributed by atoms with van der Waals surface area (Å²) in [5.41, 5.74) is 3.77. The summed E-state index contributed by atoms with van der Waals surface area (Å²) in [4.78, 5) is 11.4. The molecule has 10 heteroatoms. The van der Waals surface area contributed by atoms with Crippen LogP contribution in [0.3, 0.4) is 0 Å². The van der Waals surface area contributed by atoms with Gasteiger partial charge in [0.05, 0.1) is 12.9 Å². The number of hydrogen-bond donors (Lipinski definition) is 1. The van der Waals surface area contributed by atoms with E-state index in [-0.39, 0.29) is 6.61 Å². The average Bonchev–Trinajstić information content (AvgIpc) is 3.27. The molecule has 1 N–H and O–H groups in total. The van der Waals surface area contributed by atoms with Crippen LogP contribution in [0, 0.1) is 6.92 Å². The third-order valence-electron chi connectivity index (χ3n) is 5.08. The molecule has 0 amide bonds. The number of anilines is 1. The Morgan fingerprint density at radius 2 is 1.76 bits per heavy atom. The van der Waals surface area contributed by atoms with Crippen molar-refractivity contribution in [1.82, 2.24) is 20.4 Å². The molecule has 0 fully saturated rings. The Morgan fingerprint density at radius 3 is 2.42 bits per heavy atom. The van der Waals surface area contributed by atoms with Gasteiger partial charge in [-0.1, -0.05) is 29.4 Å². The third-order valence-corrected chi connectivity index (χ3v) is 5.67. The molecule has 0 saturated heterocycles. The van der Waals surface area contributed by atoms with Crippen LogP contribution in [0.1, 0.15) is 25.1 Å². The maximum Gasteiger partial charge on any atom is 0.264 e. The summed E-state index contributed by atoms with van der Waals surface area (Å²) < 4.78 is 32.1. The van der Waals surface area contributed by atoms with E-state index in [1.54, 1.807) is 0 Å².